The minimum absolute atomic E-state index is 0. The highest BCUT2D eigenvalue weighted by Gasteiger charge is 2.20. The maximum atomic E-state index is 12.9. The quantitative estimate of drug-likeness (QED) is 0.410. The van der Waals surface area contributed by atoms with Crippen LogP contribution in [0, 0.1) is 5.41 Å². The molecule has 0 saturated carbocycles. The Morgan fingerprint density at radius 2 is 1.75 bits per heavy atom. The fraction of sp³-hybridized carbons (Fsp3) is 0.136. The maximum absolute atomic E-state index is 12.9. The predicted octanol–water partition coefficient (Wildman–Crippen LogP) is 5.97. The molecule has 32 heavy (non-hydrogen) atoms. The van der Waals surface area contributed by atoms with Crippen molar-refractivity contribution < 1.29 is 14.3 Å². The summed E-state index contributed by atoms with van der Waals surface area (Å²) in [6, 6.07) is 15.1. The number of nitrogens with one attached hydrogen (secondary N) is 3. The Hall–Kier alpha value is -3.07. The van der Waals surface area contributed by atoms with E-state index in [4.69, 9.17) is 33.3 Å². The van der Waals surface area contributed by atoms with Gasteiger partial charge in [-0.2, -0.15) is 0 Å². The molecule has 0 atom stereocenters. The molecule has 0 bridgehead atoms. The summed E-state index contributed by atoms with van der Waals surface area (Å²) in [4.78, 5) is 27.5. The first-order valence-corrected chi connectivity index (χ1v) is 10.7. The van der Waals surface area contributed by atoms with E-state index in [2.05, 4.69) is 10.6 Å². The third-order valence-electron chi connectivity index (χ3n) is 4.51. The van der Waals surface area contributed by atoms with Gasteiger partial charge in [-0.3, -0.25) is 19.9 Å². The summed E-state index contributed by atoms with van der Waals surface area (Å²) in [5.74, 6) is -0.783. The Morgan fingerprint density at radius 1 is 1.00 bits per heavy atom. The number of rotatable bonds is 5. The molecule has 1 aliphatic heterocycles. The molecule has 0 aliphatic carbocycles. The van der Waals surface area contributed by atoms with Gasteiger partial charge in [0.25, 0.3) is 17.8 Å². The number of benzene rings is 2. The van der Waals surface area contributed by atoms with Crippen LogP contribution in [0.2, 0.25) is 9.36 Å². The van der Waals surface area contributed by atoms with E-state index in [0.717, 1.165) is 17.0 Å². The van der Waals surface area contributed by atoms with Gasteiger partial charge in [-0.1, -0.05) is 30.6 Å². The van der Waals surface area contributed by atoms with Gasteiger partial charge < -0.3 is 15.4 Å². The van der Waals surface area contributed by atoms with E-state index in [9.17, 15) is 9.59 Å². The van der Waals surface area contributed by atoms with Gasteiger partial charge in [-0.25, -0.2) is 0 Å². The van der Waals surface area contributed by atoms with Crippen LogP contribution >= 0.6 is 34.5 Å². The van der Waals surface area contributed by atoms with Crippen LogP contribution in [-0.4, -0.2) is 31.0 Å². The van der Waals surface area contributed by atoms with Crippen LogP contribution in [0.15, 0.2) is 54.6 Å². The second kappa shape index (κ2) is 10.0. The average Bonchev–Trinajstić information content (AvgIpc) is 3.37. The summed E-state index contributed by atoms with van der Waals surface area (Å²) >= 11 is 13.1. The van der Waals surface area contributed by atoms with Crippen molar-refractivity contribution in [3.05, 3.63) is 74.4 Å². The van der Waals surface area contributed by atoms with Gasteiger partial charge in [0, 0.05) is 16.4 Å². The molecular formula is C22H20Cl2N4O3S. The Bertz CT molecular complexity index is 1160. The molecule has 1 aromatic heterocycles. The zero-order chi connectivity index (χ0) is 22.0. The van der Waals surface area contributed by atoms with E-state index in [1.165, 1.54) is 6.07 Å². The fourth-order valence-electron chi connectivity index (χ4n) is 3.02. The number of halogens is 2. The van der Waals surface area contributed by atoms with Crippen LogP contribution < -0.4 is 15.5 Å². The molecule has 166 valence electrons. The van der Waals surface area contributed by atoms with Crippen LogP contribution in [0.3, 0.4) is 0 Å². The number of ether oxygens (including phenoxy) is 1. The standard InChI is InChI=1S/C21H16Cl2N4O3S.CH4/c22-12-1-6-15(16(11-12)26-20(29)17-7-8-18(23)31-17)19(28)25-13-2-4-14(5-3-13)27-9-10-30-21(27)24;/h1-8,11,24H,9-10H2,(H,25,28)(H,26,29);1H4. The third-order valence-corrected chi connectivity index (χ3v) is 5.97. The molecule has 3 N–H and O–H groups in total. The molecule has 4 rings (SSSR count). The van der Waals surface area contributed by atoms with E-state index < -0.39 is 5.91 Å². The summed E-state index contributed by atoms with van der Waals surface area (Å²) in [6.07, 6.45) is 0. The van der Waals surface area contributed by atoms with Gasteiger partial charge in [0.05, 0.1) is 27.0 Å². The number of hydrogen-bond donors (Lipinski definition) is 3. The van der Waals surface area contributed by atoms with Gasteiger partial charge in [0.15, 0.2) is 0 Å². The van der Waals surface area contributed by atoms with Gasteiger partial charge >= 0.3 is 0 Å². The summed E-state index contributed by atoms with van der Waals surface area (Å²) in [5, 5.41) is 13.7. The topological polar surface area (TPSA) is 94.5 Å². The van der Waals surface area contributed by atoms with Crippen molar-refractivity contribution in [3.8, 4) is 0 Å². The van der Waals surface area contributed by atoms with Crippen molar-refractivity contribution in [1.29, 1.82) is 5.41 Å². The van der Waals surface area contributed by atoms with Crippen molar-refractivity contribution in [3.63, 3.8) is 0 Å². The minimum atomic E-state index is -0.402. The van der Waals surface area contributed by atoms with Crippen LogP contribution in [0.25, 0.3) is 0 Å². The Balaban J connectivity index is 0.00000289. The molecule has 3 aromatic rings. The van der Waals surface area contributed by atoms with E-state index in [0.29, 0.717) is 38.8 Å². The van der Waals surface area contributed by atoms with E-state index >= 15 is 0 Å². The van der Waals surface area contributed by atoms with Gasteiger partial charge in [0.2, 0.25) is 0 Å². The lowest BCUT2D eigenvalue weighted by Crippen LogP contribution is -2.23. The molecule has 1 fully saturated rings. The van der Waals surface area contributed by atoms with Crippen LogP contribution in [-0.2, 0) is 4.74 Å². The number of nitrogens with zero attached hydrogens (tertiary/aromatic N) is 1. The fourth-order valence-corrected chi connectivity index (χ4v) is 4.13. The maximum Gasteiger partial charge on any atom is 0.289 e. The van der Waals surface area contributed by atoms with Gasteiger partial charge in [-0.15, -0.1) is 11.3 Å². The second-order valence-corrected chi connectivity index (χ2v) is 8.71. The van der Waals surface area contributed by atoms with Crippen molar-refractivity contribution >= 4 is 69.4 Å². The summed E-state index contributed by atoms with van der Waals surface area (Å²) in [5.41, 5.74) is 1.92. The highest BCUT2D eigenvalue weighted by atomic mass is 35.5. The lowest BCUT2D eigenvalue weighted by Gasteiger charge is -2.15. The molecule has 1 saturated heterocycles. The predicted molar refractivity (Wildman–Crippen MR) is 131 cm³/mol. The molecule has 7 nitrogen and oxygen atoms in total. The highest BCUT2D eigenvalue weighted by Crippen LogP contribution is 2.27. The molecule has 2 heterocycles. The number of carbonyl (C=O) groups is 2. The highest BCUT2D eigenvalue weighted by molar-refractivity contribution is 7.18. The number of anilines is 3. The van der Waals surface area contributed by atoms with Crippen LogP contribution in [0.5, 0.6) is 0 Å². The molecular weight excluding hydrogens is 471 g/mol. The first-order chi connectivity index (χ1) is 14.9. The Morgan fingerprint density at radius 3 is 2.38 bits per heavy atom. The Labute approximate surface area is 199 Å². The lowest BCUT2D eigenvalue weighted by molar-refractivity contribution is 0.102. The number of thiophene rings is 1. The zero-order valence-corrected chi connectivity index (χ0v) is 18.3. The van der Waals surface area contributed by atoms with E-state index in [-0.39, 0.29) is 24.9 Å². The average molecular weight is 491 g/mol. The first kappa shape index (κ1) is 23.6. The lowest BCUT2D eigenvalue weighted by atomic mass is 10.1. The number of hydrogen-bond acceptors (Lipinski definition) is 5. The molecule has 0 spiro atoms. The second-order valence-electron chi connectivity index (χ2n) is 6.55. The van der Waals surface area contributed by atoms with Crippen molar-refractivity contribution in [2.75, 3.05) is 28.7 Å². The van der Waals surface area contributed by atoms with E-state index in [1.54, 1.807) is 53.4 Å². The summed E-state index contributed by atoms with van der Waals surface area (Å²) in [6.45, 7) is 1.08. The molecule has 2 aromatic carbocycles. The zero-order valence-electron chi connectivity index (χ0n) is 15.9. The number of amides is 2. The van der Waals surface area contributed by atoms with Crippen molar-refractivity contribution in [2.45, 2.75) is 7.43 Å². The van der Waals surface area contributed by atoms with Gasteiger partial charge in [-0.05, 0) is 54.6 Å². The molecule has 1 aliphatic rings. The van der Waals surface area contributed by atoms with Crippen molar-refractivity contribution in [1.82, 2.24) is 0 Å². The number of amidine groups is 1. The first-order valence-electron chi connectivity index (χ1n) is 9.17. The molecule has 10 heteroatoms. The molecule has 0 radical (unpaired) electrons. The van der Waals surface area contributed by atoms with Crippen molar-refractivity contribution in [2.24, 2.45) is 0 Å². The smallest absolute Gasteiger partial charge is 0.289 e. The number of carbonyl (C=O) groups excluding carboxylic acids is 2. The van der Waals surface area contributed by atoms with E-state index in [1.807, 2.05) is 0 Å². The molecule has 2 amide bonds. The summed E-state index contributed by atoms with van der Waals surface area (Å²) < 4.78 is 5.64. The Kier molecular flexibility index (Phi) is 7.40. The monoisotopic (exact) mass is 490 g/mol. The van der Waals surface area contributed by atoms with Crippen LogP contribution in [0.1, 0.15) is 27.5 Å². The minimum Gasteiger partial charge on any atom is -0.463 e. The largest absolute Gasteiger partial charge is 0.463 e. The van der Waals surface area contributed by atoms with Crippen LogP contribution in [0.4, 0.5) is 17.1 Å². The molecule has 0 unspecified atom stereocenters. The third kappa shape index (κ3) is 5.21. The normalized spacial score (nSPS) is 12.7. The SMILES string of the molecule is C.N=C1OCCN1c1ccc(NC(=O)c2ccc(Cl)cc2NC(=O)c2ccc(Cl)s2)cc1. The van der Waals surface area contributed by atoms with Gasteiger partial charge in [0.1, 0.15) is 6.61 Å². The summed E-state index contributed by atoms with van der Waals surface area (Å²) in [7, 11) is 0.